The monoisotopic (exact) mass is 192 g/mol. The van der Waals surface area contributed by atoms with Crippen LogP contribution in [0, 0.1) is 0 Å². The summed E-state index contributed by atoms with van der Waals surface area (Å²) in [5.41, 5.74) is -5.32. The van der Waals surface area contributed by atoms with E-state index in [1.54, 1.807) is 0 Å². The lowest BCUT2D eigenvalue weighted by Gasteiger charge is -2.09. The van der Waals surface area contributed by atoms with Gasteiger partial charge in [-0.05, 0) is 13.8 Å². The quantitative estimate of drug-likeness (QED) is 0.488. The molecule has 0 radical (unpaired) electrons. The molecule has 0 aliphatic heterocycles. The molecular formula is C4H7F3O3S. The van der Waals surface area contributed by atoms with Crippen LogP contribution in [0.15, 0.2) is 0 Å². The Labute approximate surface area is 62.3 Å². The van der Waals surface area contributed by atoms with Gasteiger partial charge in [0.05, 0.1) is 6.10 Å². The van der Waals surface area contributed by atoms with Gasteiger partial charge >= 0.3 is 15.6 Å². The molecule has 68 valence electrons. The maximum Gasteiger partial charge on any atom is 0.523 e. The molecule has 0 fully saturated rings. The van der Waals surface area contributed by atoms with Crippen LogP contribution in [0.1, 0.15) is 13.8 Å². The molecule has 0 aliphatic carbocycles. The standard InChI is InChI=1S/C4H7F3O3S/c1-3(2)10-11(8,9)4(5,6)7/h3H,1-2H3. The maximum absolute atomic E-state index is 11.5. The Hall–Kier alpha value is -0.300. The summed E-state index contributed by atoms with van der Waals surface area (Å²) in [5, 5.41) is 0. The lowest BCUT2D eigenvalue weighted by Crippen LogP contribution is -2.27. The molecule has 0 heterocycles. The minimum Gasteiger partial charge on any atom is -0.260 e. The minimum absolute atomic E-state index is 0.998. The molecule has 3 nitrogen and oxygen atoms in total. The van der Waals surface area contributed by atoms with Crippen LogP contribution in [-0.2, 0) is 14.3 Å². The van der Waals surface area contributed by atoms with E-state index in [9.17, 15) is 21.6 Å². The van der Waals surface area contributed by atoms with Crippen molar-refractivity contribution in [1.82, 2.24) is 0 Å². The molecule has 0 atom stereocenters. The van der Waals surface area contributed by atoms with E-state index in [0.29, 0.717) is 0 Å². The van der Waals surface area contributed by atoms with E-state index in [1.165, 1.54) is 13.8 Å². The smallest absolute Gasteiger partial charge is 0.260 e. The topological polar surface area (TPSA) is 43.4 Å². The van der Waals surface area contributed by atoms with Gasteiger partial charge in [-0.2, -0.15) is 21.6 Å². The molecule has 0 rings (SSSR count). The molecular weight excluding hydrogens is 185 g/mol. The van der Waals surface area contributed by atoms with Crippen molar-refractivity contribution < 1.29 is 25.8 Å². The summed E-state index contributed by atoms with van der Waals surface area (Å²) >= 11 is 0. The van der Waals surface area contributed by atoms with E-state index < -0.39 is 21.7 Å². The van der Waals surface area contributed by atoms with Crippen molar-refractivity contribution in [3.63, 3.8) is 0 Å². The first-order valence-corrected chi connectivity index (χ1v) is 4.07. The SMILES string of the molecule is CC(C)OS(=O)(=O)C(F)(F)F. The Morgan fingerprint density at radius 1 is 1.27 bits per heavy atom. The lowest BCUT2D eigenvalue weighted by molar-refractivity contribution is -0.0563. The molecule has 11 heavy (non-hydrogen) atoms. The first-order chi connectivity index (χ1) is 4.67. The van der Waals surface area contributed by atoms with Crippen molar-refractivity contribution >= 4 is 10.1 Å². The average Bonchev–Trinajstić information content (AvgIpc) is 1.56. The van der Waals surface area contributed by atoms with Gasteiger partial charge < -0.3 is 0 Å². The summed E-state index contributed by atoms with van der Waals surface area (Å²) < 4.78 is 58.3. The van der Waals surface area contributed by atoms with Gasteiger partial charge in [-0.3, -0.25) is 4.18 Å². The number of hydrogen-bond donors (Lipinski definition) is 0. The molecule has 0 amide bonds. The third-order valence-electron chi connectivity index (χ3n) is 0.603. The highest BCUT2D eigenvalue weighted by atomic mass is 32.2. The van der Waals surface area contributed by atoms with Gasteiger partial charge in [0.15, 0.2) is 0 Å². The Balaban J connectivity index is 4.51. The lowest BCUT2D eigenvalue weighted by atomic mass is 10.5. The van der Waals surface area contributed by atoms with Gasteiger partial charge in [0.1, 0.15) is 0 Å². The van der Waals surface area contributed by atoms with Crippen molar-refractivity contribution in [3.8, 4) is 0 Å². The second-order valence-corrected chi connectivity index (χ2v) is 3.61. The van der Waals surface area contributed by atoms with E-state index in [1.807, 2.05) is 0 Å². The van der Waals surface area contributed by atoms with Crippen LogP contribution in [0.5, 0.6) is 0 Å². The minimum atomic E-state index is -5.40. The molecule has 0 bridgehead atoms. The van der Waals surface area contributed by atoms with Crippen LogP contribution in [0.2, 0.25) is 0 Å². The van der Waals surface area contributed by atoms with Crippen LogP contribution in [-0.4, -0.2) is 20.0 Å². The second-order valence-electron chi connectivity index (χ2n) is 2.04. The summed E-state index contributed by atoms with van der Waals surface area (Å²) in [6.45, 7) is 2.40. The van der Waals surface area contributed by atoms with Crippen LogP contribution in [0.3, 0.4) is 0 Å². The van der Waals surface area contributed by atoms with E-state index in [-0.39, 0.29) is 0 Å². The molecule has 0 spiro atoms. The highest BCUT2D eigenvalue weighted by molar-refractivity contribution is 7.87. The molecule has 0 N–H and O–H groups in total. The first kappa shape index (κ1) is 10.7. The van der Waals surface area contributed by atoms with Crippen LogP contribution >= 0.6 is 0 Å². The number of halogens is 3. The van der Waals surface area contributed by atoms with E-state index >= 15 is 0 Å². The zero-order valence-corrected chi connectivity index (χ0v) is 6.66. The molecule has 0 aromatic carbocycles. The van der Waals surface area contributed by atoms with Gasteiger partial charge in [-0.1, -0.05) is 0 Å². The zero-order valence-electron chi connectivity index (χ0n) is 5.84. The molecule has 0 saturated heterocycles. The fourth-order valence-electron chi connectivity index (χ4n) is 0.308. The van der Waals surface area contributed by atoms with Crippen molar-refractivity contribution in [2.24, 2.45) is 0 Å². The van der Waals surface area contributed by atoms with Gasteiger partial charge in [-0.25, -0.2) is 0 Å². The Morgan fingerprint density at radius 2 is 1.64 bits per heavy atom. The van der Waals surface area contributed by atoms with Gasteiger partial charge in [0, 0.05) is 0 Å². The van der Waals surface area contributed by atoms with Crippen LogP contribution in [0.25, 0.3) is 0 Å². The summed E-state index contributed by atoms with van der Waals surface area (Å²) in [5.74, 6) is 0. The van der Waals surface area contributed by atoms with E-state index in [4.69, 9.17) is 0 Å². The molecule has 0 unspecified atom stereocenters. The highest BCUT2D eigenvalue weighted by Crippen LogP contribution is 2.25. The van der Waals surface area contributed by atoms with Crippen LogP contribution in [0.4, 0.5) is 13.2 Å². The molecule has 0 saturated carbocycles. The van der Waals surface area contributed by atoms with Gasteiger partial charge in [-0.15, -0.1) is 0 Å². The molecule has 7 heteroatoms. The average molecular weight is 192 g/mol. The highest BCUT2D eigenvalue weighted by Gasteiger charge is 2.47. The third-order valence-corrected chi connectivity index (χ3v) is 1.81. The van der Waals surface area contributed by atoms with Crippen molar-refractivity contribution in [2.75, 3.05) is 0 Å². The predicted octanol–water partition coefficient (Wildman–Crippen LogP) is 1.26. The number of rotatable bonds is 2. The molecule has 0 aromatic rings. The second kappa shape index (κ2) is 2.98. The predicted molar refractivity (Wildman–Crippen MR) is 31.2 cm³/mol. The first-order valence-electron chi connectivity index (χ1n) is 2.66. The summed E-state index contributed by atoms with van der Waals surface area (Å²) in [7, 11) is -5.40. The number of alkyl halides is 3. The maximum atomic E-state index is 11.5. The Kier molecular flexibility index (Phi) is 2.90. The van der Waals surface area contributed by atoms with E-state index in [0.717, 1.165) is 0 Å². The Morgan fingerprint density at radius 3 is 1.73 bits per heavy atom. The van der Waals surface area contributed by atoms with Gasteiger partial charge in [0.25, 0.3) is 0 Å². The van der Waals surface area contributed by atoms with Crippen molar-refractivity contribution in [3.05, 3.63) is 0 Å². The van der Waals surface area contributed by atoms with Gasteiger partial charge in [0.2, 0.25) is 0 Å². The fourth-order valence-corrected chi connectivity index (χ4v) is 0.924. The summed E-state index contributed by atoms with van der Waals surface area (Å²) in [6.07, 6.45) is -0.998. The zero-order chi connectivity index (χ0) is 9.28. The largest absolute Gasteiger partial charge is 0.523 e. The van der Waals surface area contributed by atoms with Crippen molar-refractivity contribution in [1.29, 1.82) is 0 Å². The molecule has 0 aromatic heterocycles. The Bertz CT molecular complexity index is 215. The summed E-state index contributed by atoms with van der Waals surface area (Å²) in [6, 6.07) is 0. The summed E-state index contributed by atoms with van der Waals surface area (Å²) in [4.78, 5) is 0. The normalized spacial score (nSPS) is 14.0. The fraction of sp³-hybridized carbons (Fsp3) is 1.00. The third kappa shape index (κ3) is 3.06. The van der Waals surface area contributed by atoms with E-state index in [2.05, 4.69) is 4.18 Å². The van der Waals surface area contributed by atoms with Crippen molar-refractivity contribution in [2.45, 2.75) is 25.5 Å². The molecule has 0 aliphatic rings. The number of hydrogen-bond acceptors (Lipinski definition) is 3. The van der Waals surface area contributed by atoms with Crippen LogP contribution < -0.4 is 0 Å².